The zero-order valence-electron chi connectivity index (χ0n) is 7.82. The van der Waals surface area contributed by atoms with Crippen LogP contribution in [0.5, 0.6) is 0 Å². The molecule has 1 unspecified atom stereocenters. The summed E-state index contributed by atoms with van der Waals surface area (Å²) in [6.07, 6.45) is 1.09. The lowest BCUT2D eigenvalue weighted by molar-refractivity contribution is 0.121. The number of halogens is 1. The van der Waals surface area contributed by atoms with Gasteiger partial charge in [-0.25, -0.2) is 0 Å². The van der Waals surface area contributed by atoms with Crippen molar-refractivity contribution in [2.75, 3.05) is 6.61 Å². The molecule has 1 aromatic rings. The van der Waals surface area contributed by atoms with E-state index >= 15 is 0 Å². The highest BCUT2D eigenvalue weighted by molar-refractivity contribution is 8.93. The predicted molar refractivity (Wildman–Crippen MR) is 66.1 cm³/mol. The van der Waals surface area contributed by atoms with Gasteiger partial charge >= 0.3 is 0 Å². The molecule has 0 aliphatic carbocycles. The molecule has 74 valence electrons. The van der Waals surface area contributed by atoms with Crippen molar-refractivity contribution >= 4 is 31.5 Å². The van der Waals surface area contributed by atoms with Gasteiger partial charge in [0.25, 0.3) is 0 Å². The Morgan fingerprint density at radius 1 is 1.23 bits per heavy atom. The zero-order valence-corrected chi connectivity index (χ0v) is 10.7. The van der Waals surface area contributed by atoms with Gasteiger partial charge in [-0.1, -0.05) is 31.2 Å². The second-order valence-electron chi connectivity index (χ2n) is 2.79. The third-order valence-electron chi connectivity index (χ3n) is 1.60. The second-order valence-corrected chi connectivity index (χ2v) is 3.46. The molecule has 0 bridgehead atoms. The first-order chi connectivity index (χ1) is 5.83. The fourth-order valence-electron chi connectivity index (χ4n) is 0.948. The van der Waals surface area contributed by atoms with Crippen molar-refractivity contribution < 1.29 is 4.74 Å². The Hall–Kier alpha value is 0.0900. The van der Waals surface area contributed by atoms with Gasteiger partial charge in [-0.05, 0) is 17.3 Å². The van der Waals surface area contributed by atoms with Crippen LogP contribution in [0.3, 0.4) is 0 Å². The van der Waals surface area contributed by atoms with Gasteiger partial charge in [0.15, 0.2) is 0 Å². The van der Waals surface area contributed by atoms with Crippen LogP contribution in [0.15, 0.2) is 24.3 Å². The van der Waals surface area contributed by atoms with Crippen LogP contribution in [-0.4, -0.2) is 6.61 Å². The van der Waals surface area contributed by atoms with E-state index in [1.807, 2.05) is 0 Å². The SMILES string of the molecule is Br.CCCOCc1ccc(P)cc1. The van der Waals surface area contributed by atoms with Crippen molar-refractivity contribution in [1.82, 2.24) is 0 Å². The van der Waals surface area contributed by atoms with Gasteiger partial charge in [0.05, 0.1) is 6.61 Å². The molecule has 0 aliphatic rings. The molecule has 0 aromatic heterocycles. The van der Waals surface area contributed by atoms with Crippen LogP contribution < -0.4 is 5.30 Å². The van der Waals surface area contributed by atoms with Crippen LogP contribution in [0, 0.1) is 0 Å². The molecule has 0 radical (unpaired) electrons. The van der Waals surface area contributed by atoms with Crippen LogP contribution in [0.2, 0.25) is 0 Å². The van der Waals surface area contributed by atoms with Crippen molar-refractivity contribution in [2.24, 2.45) is 0 Å². The van der Waals surface area contributed by atoms with E-state index in [2.05, 4.69) is 40.4 Å². The quantitative estimate of drug-likeness (QED) is 0.599. The molecule has 0 N–H and O–H groups in total. The molecule has 1 rings (SSSR count). The number of benzene rings is 1. The molecule has 3 heteroatoms. The van der Waals surface area contributed by atoms with Gasteiger partial charge in [-0.15, -0.1) is 26.2 Å². The van der Waals surface area contributed by atoms with E-state index in [-0.39, 0.29) is 17.0 Å². The fraction of sp³-hybridized carbons (Fsp3) is 0.400. The summed E-state index contributed by atoms with van der Waals surface area (Å²) in [6.45, 7) is 3.70. The lowest BCUT2D eigenvalue weighted by atomic mass is 10.2. The van der Waals surface area contributed by atoms with E-state index < -0.39 is 0 Å². The summed E-state index contributed by atoms with van der Waals surface area (Å²) in [6, 6.07) is 8.35. The highest BCUT2D eigenvalue weighted by atomic mass is 79.9. The van der Waals surface area contributed by atoms with Gasteiger partial charge in [0.1, 0.15) is 0 Å². The van der Waals surface area contributed by atoms with Gasteiger partial charge in [-0.3, -0.25) is 0 Å². The molecule has 1 nitrogen and oxygen atoms in total. The number of rotatable bonds is 4. The Morgan fingerprint density at radius 3 is 2.38 bits per heavy atom. The van der Waals surface area contributed by atoms with E-state index in [0.29, 0.717) is 0 Å². The van der Waals surface area contributed by atoms with E-state index in [4.69, 9.17) is 4.74 Å². The average Bonchev–Trinajstić information content (AvgIpc) is 2.09. The third kappa shape index (κ3) is 5.41. The smallest absolute Gasteiger partial charge is 0.0716 e. The molecule has 1 atom stereocenters. The molecular formula is C10H16BrOP. The number of ether oxygens (including phenoxy) is 1. The van der Waals surface area contributed by atoms with Crippen molar-refractivity contribution in [1.29, 1.82) is 0 Å². The van der Waals surface area contributed by atoms with Crippen LogP contribution in [0.4, 0.5) is 0 Å². The molecule has 0 saturated heterocycles. The van der Waals surface area contributed by atoms with Crippen LogP contribution in [-0.2, 0) is 11.3 Å². The second kappa shape index (κ2) is 7.49. The predicted octanol–water partition coefficient (Wildman–Crippen LogP) is 2.69. The molecule has 0 saturated carbocycles. The molecule has 0 amide bonds. The van der Waals surface area contributed by atoms with E-state index in [0.717, 1.165) is 19.6 Å². The maximum absolute atomic E-state index is 5.40. The van der Waals surface area contributed by atoms with Gasteiger partial charge in [0.2, 0.25) is 0 Å². The highest BCUT2D eigenvalue weighted by Gasteiger charge is 1.91. The minimum atomic E-state index is 0. The fourth-order valence-corrected chi connectivity index (χ4v) is 1.14. The lowest BCUT2D eigenvalue weighted by Gasteiger charge is -2.02. The monoisotopic (exact) mass is 262 g/mol. The molecule has 0 spiro atoms. The topological polar surface area (TPSA) is 9.23 Å². The molecule has 0 aliphatic heterocycles. The Morgan fingerprint density at radius 2 is 1.85 bits per heavy atom. The third-order valence-corrected chi connectivity index (χ3v) is 1.98. The summed E-state index contributed by atoms with van der Waals surface area (Å²) in [5.74, 6) is 0. The minimum Gasteiger partial charge on any atom is -0.377 e. The van der Waals surface area contributed by atoms with Gasteiger partial charge < -0.3 is 4.74 Å². The number of hydrogen-bond acceptors (Lipinski definition) is 1. The first-order valence-corrected chi connectivity index (χ1v) is 4.83. The van der Waals surface area contributed by atoms with Crippen LogP contribution >= 0.6 is 26.2 Å². The first kappa shape index (κ1) is 13.1. The summed E-state index contributed by atoms with van der Waals surface area (Å²) in [7, 11) is 2.67. The minimum absolute atomic E-state index is 0. The molecule has 0 heterocycles. The summed E-state index contributed by atoms with van der Waals surface area (Å²) >= 11 is 0. The first-order valence-electron chi connectivity index (χ1n) is 4.25. The summed E-state index contributed by atoms with van der Waals surface area (Å²) < 4.78 is 5.40. The molecule has 1 aromatic carbocycles. The number of hydrogen-bond donors (Lipinski definition) is 0. The Kier molecular flexibility index (Phi) is 7.54. The van der Waals surface area contributed by atoms with E-state index in [1.54, 1.807) is 0 Å². The van der Waals surface area contributed by atoms with Crippen molar-refractivity contribution in [2.45, 2.75) is 20.0 Å². The van der Waals surface area contributed by atoms with E-state index in [1.165, 1.54) is 10.9 Å². The van der Waals surface area contributed by atoms with Crippen molar-refractivity contribution in [3.8, 4) is 0 Å². The van der Waals surface area contributed by atoms with Crippen molar-refractivity contribution in [3.05, 3.63) is 29.8 Å². The standard InChI is InChI=1S/C10H15OP.BrH/c1-2-7-11-8-9-3-5-10(12)6-4-9;/h3-6H,2,7-8,12H2,1H3;1H. The summed E-state index contributed by atoms with van der Waals surface area (Å²) in [4.78, 5) is 0. The lowest BCUT2D eigenvalue weighted by Crippen LogP contribution is -1.96. The Bertz CT molecular complexity index is 223. The zero-order chi connectivity index (χ0) is 8.81. The Balaban J connectivity index is 0.00000144. The van der Waals surface area contributed by atoms with Crippen molar-refractivity contribution in [3.63, 3.8) is 0 Å². The average molecular weight is 263 g/mol. The molecular weight excluding hydrogens is 247 g/mol. The van der Waals surface area contributed by atoms with E-state index in [9.17, 15) is 0 Å². The highest BCUT2D eigenvalue weighted by Crippen LogP contribution is 2.01. The van der Waals surface area contributed by atoms with Crippen LogP contribution in [0.25, 0.3) is 0 Å². The maximum atomic E-state index is 5.40. The summed E-state index contributed by atoms with van der Waals surface area (Å²) in [5, 5.41) is 1.22. The maximum Gasteiger partial charge on any atom is 0.0716 e. The van der Waals surface area contributed by atoms with Gasteiger partial charge in [-0.2, -0.15) is 0 Å². The molecule has 0 fully saturated rings. The Labute approximate surface area is 92.8 Å². The van der Waals surface area contributed by atoms with Crippen LogP contribution in [0.1, 0.15) is 18.9 Å². The molecule has 13 heavy (non-hydrogen) atoms. The van der Waals surface area contributed by atoms with Gasteiger partial charge in [0, 0.05) is 6.61 Å². The largest absolute Gasteiger partial charge is 0.377 e. The normalized spacial score (nSPS) is 9.38. The summed E-state index contributed by atoms with van der Waals surface area (Å²) in [5.41, 5.74) is 1.25.